The topological polar surface area (TPSA) is 93.2 Å². The van der Waals surface area contributed by atoms with Crippen LogP contribution in [0.1, 0.15) is 0 Å². The first kappa shape index (κ1) is 13.7. The maximum absolute atomic E-state index is 11.9. The third-order valence-electron chi connectivity index (χ3n) is 2.53. The standard InChI is InChI=1S/C9H11ClN2O4S2/c10-8-5-17(13,14)6-9(8)12-18(15,16)7-2-1-3-11-4-7/h1-4,8-9,12H,5-6H2. The van der Waals surface area contributed by atoms with E-state index < -0.39 is 31.3 Å². The second-order valence-electron chi connectivity index (χ2n) is 4.01. The normalized spacial score (nSPS) is 27.2. The molecule has 6 nitrogen and oxygen atoms in total. The van der Waals surface area contributed by atoms with E-state index in [1.807, 2.05) is 0 Å². The summed E-state index contributed by atoms with van der Waals surface area (Å²) in [5.74, 6) is -0.491. The maximum Gasteiger partial charge on any atom is 0.242 e. The van der Waals surface area contributed by atoms with Crippen LogP contribution in [0.25, 0.3) is 0 Å². The molecule has 2 rings (SSSR count). The number of sulfonamides is 1. The first-order valence-corrected chi connectivity index (χ1v) is 8.81. The fourth-order valence-corrected chi connectivity index (χ4v) is 5.66. The molecule has 2 atom stereocenters. The summed E-state index contributed by atoms with van der Waals surface area (Å²) in [6, 6.07) is 2.06. The van der Waals surface area contributed by atoms with Gasteiger partial charge in [0.05, 0.1) is 22.9 Å². The van der Waals surface area contributed by atoms with Gasteiger partial charge in [-0.1, -0.05) is 0 Å². The minimum absolute atomic E-state index is 0.0156. The van der Waals surface area contributed by atoms with Crippen molar-refractivity contribution in [2.45, 2.75) is 16.3 Å². The lowest BCUT2D eigenvalue weighted by atomic mass is 10.3. The lowest BCUT2D eigenvalue weighted by molar-refractivity contribution is 0.563. The maximum atomic E-state index is 11.9. The molecule has 1 saturated heterocycles. The van der Waals surface area contributed by atoms with E-state index in [9.17, 15) is 16.8 Å². The second-order valence-corrected chi connectivity index (χ2v) is 8.44. The number of hydrogen-bond donors (Lipinski definition) is 1. The first-order chi connectivity index (χ1) is 8.30. The summed E-state index contributed by atoms with van der Waals surface area (Å²) in [4.78, 5) is 3.69. The summed E-state index contributed by atoms with van der Waals surface area (Å²) in [6.45, 7) is 0. The molecule has 0 amide bonds. The van der Waals surface area contributed by atoms with Crippen LogP contribution in [0.15, 0.2) is 29.4 Å². The molecule has 1 fully saturated rings. The van der Waals surface area contributed by atoms with Crippen LogP contribution >= 0.6 is 11.6 Å². The zero-order valence-electron chi connectivity index (χ0n) is 9.15. The molecule has 0 aromatic carbocycles. The molecule has 18 heavy (non-hydrogen) atoms. The Morgan fingerprint density at radius 3 is 2.61 bits per heavy atom. The Balaban J connectivity index is 2.20. The molecular weight excluding hydrogens is 300 g/mol. The Kier molecular flexibility index (Phi) is 3.63. The van der Waals surface area contributed by atoms with Gasteiger partial charge in [0.1, 0.15) is 4.90 Å². The molecule has 2 unspecified atom stereocenters. The van der Waals surface area contributed by atoms with Gasteiger partial charge in [-0.15, -0.1) is 11.6 Å². The van der Waals surface area contributed by atoms with Gasteiger partial charge in [-0.05, 0) is 12.1 Å². The van der Waals surface area contributed by atoms with Crippen LogP contribution in [0, 0.1) is 0 Å². The molecule has 0 radical (unpaired) electrons. The van der Waals surface area contributed by atoms with E-state index in [-0.39, 0.29) is 16.4 Å². The summed E-state index contributed by atoms with van der Waals surface area (Å²) < 4.78 is 48.9. The van der Waals surface area contributed by atoms with Gasteiger partial charge in [0.15, 0.2) is 9.84 Å². The van der Waals surface area contributed by atoms with E-state index in [0.29, 0.717) is 0 Å². The molecule has 2 heterocycles. The van der Waals surface area contributed by atoms with Crippen molar-refractivity contribution in [3.8, 4) is 0 Å². The number of nitrogens with zero attached hydrogens (tertiary/aromatic N) is 1. The molecule has 0 spiro atoms. The Morgan fingerprint density at radius 2 is 2.11 bits per heavy atom. The molecular formula is C9H11ClN2O4S2. The lowest BCUT2D eigenvalue weighted by Crippen LogP contribution is -2.40. The Hall–Kier alpha value is -0.700. The van der Waals surface area contributed by atoms with Gasteiger partial charge in [-0.3, -0.25) is 4.98 Å². The molecule has 9 heteroatoms. The van der Waals surface area contributed by atoms with Crippen LogP contribution in [0.3, 0.4) is 0 Å². The Morgan fingerprint density at radius 1 is 1.39 bits per heavy atom. The van der Waals surface area contributed by atoms with Gasteiger partial charge in [-0.25, -0.2) is 21.6 Å². The highest BCUT2D eigenvalue weighted by atomic mass is 35.5. The third kappa shape index (κ3) is 3.00. The summed E-state index contributed by atoms with van der Waals surface area (Å²) in [6.07, 6.45) is 2.64. The fraction of sp³-hybridized carbons (Fsp3) is 0.444. The van der Waals surface area contributed by atoms with Crippen LogP contribution in [0.5, 0.6) is 0 Å². The highest BCUT2D eigenvalue weighted by Crippen LogP contribution is 2.20. The minimum atomic E-state index is -3.79. The minimum Gasteiger partial charge on any atom is -0.263 e. The number of nitrogens with one attached hydrogen (secondary N) is 1. The van der Waals surface area contributed by atoms with Crippen molar-refractivity contribution >= 4 is 31.5 Å². The van der Waals surface area contributed by atoms with Crippen LogP contribution in [-0.2, 0) is 19.9 Å². The molecule has 1 aromatic heterocycles. The van der Waals surface area contributed by atoms with Crippen molar-refractivity contribution in [1.29, 1.82) is 0 Å². The monoisotopic (exact) mass is 310 g/mol. The molecule has 0 aliphatic carbocycles. The second kappa shape index (κ2) is 4.76. The summed E-state index contributed by atoms with van der Waals surface area (Å²) in [5, 5.41) is -0.749. The van der Waals surface area contributed by atoms with Gasteiger partial charge in [0, 0.05) is 12.4 Å². The smallest absolute Gasteiger partial charge is 0.242 e. The quantitative estimate of drug-likeness (QED) is 0.778. The zero-order valence-corrected chi connectivity index (χ0v) is 11.5. The van der Waals surface area contributed by atoms with E-state index in [1.165, 1.54) is 24.5 Å². The average Bonchev–Trinajstić information content (AvgIpc) is 2.52. The van der Waals surface area contributed by atoms with Crippen LogP contribution < -0.4 is 4.72 Å². The van der Waals surface area contributed by atoms with Crippen molar-refractivity contribution in [2.24, 2.45) is 0 Å². The molecule has 0 bridgehead atoms. The predicted octanol–water partition coefficient (Wildman–Crippen LogP) is -0.236. The van der Waals surface area contributed by atoms with E-state index in [1.54, 1.807) is 0 Å². The van der Waals surface area contributed by atoms with Crippen LogP contribution in [0.4, 0.5) is 0 Å². The number of hydrogen-bond acceptors (Lipinski definition) is 5. The van der Waals surface area contributed by atoms with Gasteiger partial charge in [-0.2, -0.15) is 0 Å². The van der Waals surface area contributed by atoms with Crippen molar-refractivity contribution < 1.29 is 16.8 Å². The largest absolute Gasteiger partial charge is 0.263 e. The Bertz CT molecular complexity index is 630. The SMILES string of the molecule is O=S1(=O)CC(Cl)C(NS(=O)(=O)c2cccnc2)C1. The number of alkyl halides is 1. The molecule has 1 aliphatic heterocycles. The lowest BCUT2D eigenvalue weighted by Gasteiger charge is -2.14. The number of rotatable bonds is 3. The number of pyridine rings is 1. The molecule has 100 valence electrons. The number of aromatic nitrogens is 1. The average molecular weight is 311 g/mol. The van der Waals surface area contributed by atoms with Crippen LogP contribution in [0.2, 0.25) is 0 Å². The first-order valence-electron chi connectivity index (χ1n) is 5.07. The summed E-state index contributed by atoms with van der Waals surface area (Å²) in [7, 11) is -7.06. The van der Waals surface area contributed by atoms with E-state index >= 15 is 0 Å². The highest BCUT2D eigenvalue weighted by molar-refractivity contribution is 7.92. The van der Waals surface area contributed by atoms with Crippen molar-refractivity contribution in [3.63, 3.8) is 0 Å². The molecule has 1 aromatic rings. The van der Waals surface area contributed by atoms with E-state index in [0.717, 1.165) is 0 Å². The van der Waals surface area contributed by atoms with Gasteiger partial charge in [0.2, 0.25) is 10.0 Å². The fourth-order valence-electron chi connectivity index (χ4n) is 1.69. The van der Waals surface area contributed by atoms with Gasteiger partial charge >= 0.3 is 0 Å². The van der Waals surface area contributed by atoms with Crippen LogP contribution in [-0.4, -0.2) is 44.7 Å². The highest BCUT2D eigenvalue weighted by Gasteiger charge is 2.38. The Labute approximate surface area is 110 Å². The van der Waals surface area contributed by atoms with Crippen molar-refractivity contribution in [2.75, 3.05) is 11.5 Å². The molecule has 1 N–H and O–H groups in total. The predicted molar refractivity (Wildman–Crippen MR) is 66.6 cm³/mol. The molecule has 0 saturated carbocycles. The molecule has 1 aliphatic rings. The number of sulfone groups is 1. The van der Waals surface area contributed by atoms with Crippen molar-refractivity contribution in [1.82, 2.24) is 9.71 Å². The number of halogens is 1. The van der Waals surface area contributed by atoms with Crippen molar-refractivity contribution in [3.05, 3.63) is 24.5 Å². The third-order valence-corrected chi connectivity index (χ3v) is 6.39. The zero-order chi connectivity index (χ0) is 13.4. The van der Waals surface area contributed by atoms with Gasteiger partial charge in [0.25, 0.3) is 0 Å². The van der Waals surface area contributed by atoms with E-state index in [4.69, 9.17) is 11.6 Å². The van der Waals surface area contributed by atoms with Gasteiger partial charge < -0.3 is 0 Å². The summed E-state index contributed by atoms with van der Waals surface area (Å²) in [5.41, 5.74) is 0. The van der Waals surface area contributed by atoms with E-state index in [2.05, 4.69) is 9.71 Å². The summed E-state index contributed by atoms with van der Waals surface area (Å²) >= 11 is 5.83.